The van der Waals surface area contributed by atoms with E-state index in [-0.39, 0.29) is 12.0 Å². The zero-order valence-electron chi connectivity index (χ0n) is 14.6. The SMILES string of the molecule is COc1ccc(Br)cc1CN(C)C(C)c1nc(N)nc(N(C)C)n1. The molecule has 1 atom stereocenters. The Kier molecular flexibility index (Phi) is 5.95. The van der Waals surface area contributed by atoms with E-state index in [0.29, 0.717) is 18.3 Å². The molecule has 2 N–H and O–H groups in total. The molecule has 1 aromatic heterocycles. The number of nitrogen functional groups attached to an aromatic ring is 1. The number of rotatable bonds is 6. The van der Waals surface area contributed by atoms with Gasteiger partial charge < -0.3 is 15.4 Å². The lowest BCUT2D eigenvalue weighted by molar-refractivity contribution is 0.240. The van der Waals surface area contributed by atoms with E-state index in [1.165, 1.54) is 0 Å². The summed E-state index contributed by atoms with van der Waals surface area (Å²) in [6, 6.07) is 5.93. The fraction of sp³-hybridized carbons (Fsp3) is 0.438. The van der Waals surface area contributed by atoms with Gasteiger partial charge in [-0.05, 0) is 32.2 Å². The van der Waals surface area contributed by atoms with E-state index in [2.05, 4.69) is 41.8 Å². The van der Waals surface area contributed by atoms with Crippen molar-refractivity contribution in [3.05, 3.63) is 34.1 Å². The van der Waals surface area contributed by atoms with Crippen LogP contribution >= 0.6 is 15.9 Å². The van der Waals surface area contributed by atoms with Crippen molar-refractivity contribution in [1.82, 2.24) is 19.9 Å². The molecule has 0 bridgehead atoms. The summed E-state index contributed by atoms with van der Waals surface area (Å²) in [6.07, 6.45) is 0. The highest BCUT2D eigenvalue weighted by Crippen LogP contribution is 2.27. The van der Waals surface area contributed by atoms with Gasteiger partial charge in [-0.2, -0.15) is 15.0 Å². The molecule has 1 unspecified atom stereocenters. The monoisotopic (exact) mass is 394 g/mol. The van der Waals surface area contributed by atoms with E-state index < -0.39 is 0 Å². The van der Waals surface area contributed by atoms with Crippen LogP contribution in [0.25, 0.3) is 0 Å². The van der Waals surface area contributed by atoms with Gasteiger partial charge in [0.15, 0.2) is 5.82 Å². The average molecular weight is 395 g/mol. The number of ether oxygens (including phenoxy) is 1. The van der Waals surface area contributed by atoms with Gasteiger partial charge in [-0.25, -0.2) is 0 Å². The Hall–Kier alpha value is -1.93. The molecule has 0 aliphatic rings. The Morgan fingerprint density at radius 1 is 1.21 bits per heavy atom. The van der Waals surface area contributed by atoms with Crippen LogP contribution in [0.1, 0.15) is 24.4 Å². The van der Waals surface area contributed by atoms with Crippen LogP contribution in [0.3, 0.4) is 0 Å². The zero-order valence-corrected chi connectivity index (χ0v) is 16.2. The molecule has 0 fully saturated rings. The third kappa shape index (κ3) is 4.33. The van der Waals surface area contributed by atoms with Crippen LogP contribution in [0.2, 0.25) is 0 Å². The Morgan fingerprint density at radius 3 is 2.54 bits per heavy atom. The van der Waals surface area contributed by atoms with Crippen LogP contribution in [-0.4, -0.2) is 48.1 Å². The molecule has 24 heavy (non-hydrogen) atoms. The molecule has 130 valence electrons. The molecule has 0 amide bonds. The maximum absolute atomic E-state index is 5.82. The van der Waals surface area contributed by atoms with E-state index in [1.807, 2.05) is 45.1 Å². The first kappa shape index (κ1) is 18.4. The highest BCUT2D eigenvalue weighted by Gasteiger charge is 2.19. The predicted octanol–water partition coefficient (Wildman–Crippen LogP) is 2.48. The average Bonchev–Trinajstić information content (AvgIpc) is 2.53. The number of hydrogen-bond acceptors (Lipinski definition) is 7. The molecule has 0 spiro atoms. The molecular weight excluding hydrogens is 372 g/mol. The fourth-order valence-electron chi connectivity index (χ4n) is 2.26. The highest BCUT2D eigenvalue weighted by atomic mass is 79.9. The van der Waals surface area contributed by atoms with Gasteiger partial charge in [0.05, 0.1) is 13.2 Å². The van der Waals surface area contributed by atoms with Crippen molar-refractivity contribution in [2.24, 2.45) is 0 Å². The molecule has 1 heterocycles. The molecule has 0 aliphatic carbocycles. The standard InChI is InChI=1S/C16H23BrN6O/c1-10(14-19-15(18)21-16(20-14)22(2)3)23(4)9-11-8-12(17)6-7-13(11)24-5/h6-8,10H,9H2,1-5H3,(H2,18,19,20,21). The van der Waals surface area contributed by atoms with Crippen LogP contribution in [0.5, 0.6) is 5.75 Å². The Labute approximate surface area is 151 Å². The molecule has 2 aromatic rings. The summed E-state index contributed by atoms with van der Waals surface area (Å²) < 4.78 is 6.45. The van der Waals surface area contributed by atoms with Crippen LogP contribution in [0, 0.1) is 0 Å². The summed E-state index contributed by atoms with van der Waals surface area (Å²) in [7, 11) is 7.44. The van der Waals surface area contributed by atoms with E-state index in [9.17, 15) is 0 Å². The number of benzene rings is 1. The lowest BCUT2D eigenvalue weighted by Crippen LogP contribution is -2.25. The van der Waals surface area contributed by atoms with E-state index in [4.69, 9.17) is 10.5 Å². The summed E-state index contributed by atoms with van der Waals surface area (Å²) in [5, 5.41) is 0. The van der Waals surface area contributed by atoms with Gasteiger partial charge in [-0.15, -0.1) is 0 Å². The molecule has 0 aliphatic heterocycles. The molecule has 0 radical (unpaired) electrons. The number of anilines is 2. The number of nitrogens with zero attached hydrogens (tertiary/aromatic N) is 5. The topological polar surface area (TPSA) is 80.4 Å². The van der Waals surface area contributed by atoms with Crippen molar-refractivity contribution in [3.8, 4) is 5.75 Å². The van der Waals surface area contributed by atoms with Crippen LogP contribution in [-0.2, 0) is 6.54 Å². The third-order valence-electron chi connectivity index (χ3n) is 3.76. The summed E-state index contributed by atoms with van der Waals surface area (Å²) in [6.45, 7) is 2.73. The van der Waals surface area contributed by atoms with Gasteiger partial charge >= 0.3 is 0 Å². The minimum atomic E-state index is -0.0299. The van der Waals surface area contributed by atoms with Crippen molar-refractivity contribution in [1.29, 1.82) is 0 Å². The zero-order chi connectivity index (χ0) is 17.9. The molecule has 0 saturated heterocycles. The van der Waals surface area contributed by atoms with Crippen LogP contribution < -0.4 is 15.4 Å². The van der Waals surface area contributed by atoms with Crippen molar-refractivity contribution in [2.45, 2.75) is 19.5 Å². The minimum absolute atomic E-state index is 0.0299. The van der Waals surface area contributed by atoms with Crippen molar-refractivity contribution >= 4 is 27.8 Å². The van der Waals surface area contributed by atoms with Crippen molar-refractivity contribution < 1.29 is 4.74 Å². The van der Waals surface area contributed by atoms with E-state index >= 15 is 0 Å². The maximum atomic E-state index is 5.82. The molecule has 0 saturated carbocycles. The lowest BCUT2D eigenvalue weighted by Gasteiger charge is -2.25. The number of aromatic nitrogens is 3. The van der Waals surface area contributed by atoms with E-state index in [0.717, 1.165) is 15.8 Å². The molecule has 2 rings (SSSR count). The van der Waals surface area contributed by atoms with Gasteiger partial charge in [0, 0.05) is 30.7 Å². The number of halogens is 1. The fourth-order valence-corrected chi connectivity index (χ4v) is 2.67. The van der Waals surface area contributed by atoms with Gasteiger partial charge in [0.2, 0.25) is 11.9 Å². The summed E-state index contributed by atoms with van der Waals surface area (Å²) in [5.74, 6) is 2.27. The van der Waals surface area contributed by atoms with Gasteiger partial charge in [-0.3, -0.25) is 4.90 Å². The lowest BCUT2D eigenvalue weighted by atomic mass is 10.1. The molecular formula is C16H23BrN6O. The Bertz CT molecular complexity index is 709. The predicted molar refractivity (Wildman–Crippen MR) is 99.1 cm³/mol. The summed E-state index contributed by atoms with van der Waals surface area (Å²) in [4.78, 5) is 16.9. The highest BCUT2D eigenvalue weighted by molar-refractivity contribution is 9.10. The van der Waals surface area contributed by atoms with Crippen LogP contribution in [0.4, 0.5) is 11.9 Å². The van der Waals surface area contributed by atoms with Gasteiger partial charge in [0.1, 0.15) is 5.75 Å². The largest absolute Gasteiger partial charge is 0.496 e. The molecule has 1 aromatic carbocycles. The van der Waals surface area contributed by atoms with Gasteiger partial charge in [-0.1, -0.05) is 15.9 Å². The summed E-state index contributed by atoms with van der Waals surface area (Å²) in [5.41, 5.74) is 6.90. The van der Waals surface area contributed by atoms with E-state index in [1.54, 1.807) is 7.11 Å². The van der Waals surface area contributed by atoms with Crippen molar-refractivity contribution in [3.63, 3.8) is 0 Å². The Balaban J connectivity index is 2.24. The van der Waals surface area contributed by atoms with Gasteiger partial charge in [0.25, 0.3) is 0 Å². The second kappa shape index (κ2) is 7.76. The second-order valence-electron chi connectivity index (χ2n) is 5.79. The first-order chi connectivity index (χ1) is 11.3. The number of hydrogen-bond donors (Lipinski definition) is 1. The number of nitrogens with two attached hydrogens (primary N) is 1. The first-order valence-corrected chi connectivity index (χ1v) is 8.32. The summed E-state index contributed by atoms with van der Waals surface area (Å²) >= 11 is 3.50. The molecule has 8 heteroatoms. The van der Waals surface area contributed by atoms with Crippen LogP contribution in [0.15, 0.2) is 22.7 Å². The maximum Gasteiger partial charge on any atom is 0.229 e. The molecule has 7 nitrogen and oxygen atoms in total. The number of methoxy groups -OCH3 is 1. The first-order valence-electron chi connectivity index (χ1n) is 7.53. The normalized spacial score (nSPS) is 12.3. The third-order valence-corrected chi connectivity index (χ3v) is 4.25. The second-order valence-corrected chi connectivity index (χ2v) is 6.71. The smallest absolute Gasteiger partial charge is 0.229 e. The Morgan fingerprint density at radius 2 is 1.92 bits per heavy atom. The van der Waals surface area contributed by atoms with Crippen molar-refractivity contribution in [2.75, 3.05) is 38.9 Å². The minimum Gasteiger partial charge on any atom is -0.496 e. The quantitative estimate of drug-likeness (QED) is 0.805.